The Balaban J connectivity index is 1.31. The van der Waals surface area contributed by atoms with Gasteiger partial charge >= 0.3 is 0 Å². The van der Waals surface area contributed by atoms with Crippen LogP contribution in [0, 0.1) is 5.82 Å². The maximum absolute atomic E-state index is 15.1. The van der Waals surface area contributed by atoms with Crippen LogP contribution < -0.4 is 4.74 Å². The Morgan fingerprint density at radius 2 is 1.54 bits per heavy atom. The lowest BCUT2D eigenvalue weighted by Crippen LogP contribution is -2.56. The van der Waals surface area contributed by atoms with Crippen LogP contribution in [0.15, 0.2) is 89.5 Å². The van der Waals surface area contributed by atoms with Crippen molar-refractivity contribution in [3.63, 3.8) is 0 Å². The minimum atomic E-state index is -0.845. The van der Waals surface area contributed by atoms with E-state index in [1.165, 1.54) is 17.2 Å². The van der Waals surface area contributed by atoms with E-state index >= 15 is 4.39 Å². The lowest BCUT2D eigenvalue weighted by molar-refractivity contribution is -0.0784. The fourth-order valence-electron chi connectivity index (χ4n) is 5.31. The highest BCUT2D eigenvalue weighted by Crippen LogP contribution is 2.31. The number of ether oxygens (including phenoxy) is 2. The summed E-state index contributed by atoms with van der Waals surface area (Å²) in [4.78, 5) is 4.54. The summed E-state index contributed by atoms with van der Waals surface area (Å²) in [5, 5.41) is 14.7. The molecule has 1 fully saturated rings. The van der Waals surface area contributed by atoms with Gasteiger partial charge in [0.2, 0.25) is 0 Å². The Morgan fingerprint density at radius 1 is 0.902 bits per heavy atom. The second-order valence-corrected chi connectivity index (χ2v) is 10.2. The largest absolute Gasteiger partial charge is 0.469 e. The maximum Gasteiger partial charge on any atom is 0.178 e. The Bertz CT molecular complexity index is 1360. The van der Waals surface area contributed by atoms with Crippen LogP contribution in [0.25, 0.3) is 12.2 Å². The molecule has 5 rings (SSSR count). The van der Waals surface area contributed by atoms with Gasteiger partial charge in [-0.05, 0) is 36.3 Å². The Kier molecular flexibility index (Phi) is 9.59. The van der Waals surface area contributed by atoms with Crippen molar-refractivity contribution in [1.82, 2.24) is 15.0 Å². The van der Waals surface area contributed by atoms with Gasteiger partial charge in [-0.2, -0.15) is 0 Å². The van der Waals surface area contributed by atoms with E-state index in [1.54, 1.807) is 44.4 Å². The van der Waals surface area contributed by atoms with Gasteiger partial charge in [0.05, 0.1) is 12.6 Å². The standard InChI is InChI=1S/C33H36FN3O4/c1-24(38)33(40-32-27(14-9-15-30(32)34)16-17-29-22-28(23-39-2)35-41-29)37-20-18-36(19-21-37)31(25-10-5-3-6-11-25)26-12-7-4-8-13-26/h3-17,22,24,31,33,38H,18-21,23H2,1-2H3/b17-16+. The van der Waals surface area contributed by atoms with Crippen molar-refractivity contribution in [3.8, 4) is 5.75 Å². The number of aliphatic hydroxyl groups excluding tert-OH is 1. The third-order valence-electron chi connectivity index (χ3n) is 7.25. The molecule has 8 heteroatoms. The van der Waals surface area contributed by atoms with Crippen LogP contribution in [0.1, 0.15) is 41.1 Å². The zero-order valence-electron chi connectivity index (χ0n) is 23.4. The number of para-hydroxylation sites is 1. The summed E-state index contributed by atoms with van der Waals surface area (Å²) in [6.45, 7) is 4.86. The molecule has 2 atom stereocenters. The second kappa shape index (κ2) is 13.7. The van der Waals surface area contributed by atoms with Crippen molar-refractivity contribution in [2.24, 2.45) is 0 Å². The average molecular weight is 558 g/mol. The number of hydrogen-bond donors (Lipinski definition) is 1. The first-order valence-corrected chi connectivity index (χ1v) is 13.9. The predicted octanol–water partition coefficient (Wildman–Crippen LogP) is 5.62. The summed E-state index contributed by atoms with van der Waals surface area (Å²) < 4.78 is 31.7. The smallest absolute Gasteiger partial charge is 0.178 e. The quantitative estimate of drug-likeness (QED) is 0.257. The molecule has 1 N–H and O–H groups in total. The van der Waals surface area contributed by atoms with Crippen LogP contribution in [-0.4, -0.2) is 65.7 Å². The van der Waals surface area contributed by atoms with Crippen LogP contribution in [0.2, 0.25) is 0 Å². The van der Waals surface area contributed by atoms with Crippen LogP contribution in [0.3, 0.4) is 0 Å². The first kappa shape index (κ1) is 28.7. The van der Waals surface area contributed by atoms with Gasteiger partial charge in [-0.15, -0.1) is 0 Å². The van der Waals surface area contributed by atoms with Crippen molar-refractivity contribution in [2.75, 3.05) is 33.3 Å². The molecule has 214 valence electrons. The van der Waals surface area contributed by atoms with E-state index in [1.807, 2.05) is 12.1 Å². The summed E-state index contributed by atoms with van der Waals surface area (Å²) in [5.41, 5.74) is 3.67. The molecule has 1 aromatic heterocycles. The molecule has 0 spiro atoms. The molecule has 0 amide bonds. The van der Waals surface area contributed by atoms with Crippen molar-refractivity contribution < 1.29 is 23.5 Å². The molecule has 0 saturated carbocycles. The number of aliphatic hydroxyl groups is 1. The summed E-state index contributed by atoms with van der Waals surface area (Å²) in [5.74, 6) is 0.101. The lowest BCUT2D eigenvalue weighted by Gasteiger charge is -2.43. The van der Waals surface area contributed by atoms with Crippen LogP contribution in [0.5, 0.6) is 5.75 Å². The summed E-state index contributed by atoms with van der Waals surface area (Å²) in [6, 6.07) is 27.6. The second-order valence-electron chi connectivity index (χ2n) is 10.2. The molecule has 0 bridgehead atoms. The molecule has 3 aromatic carbocycles. The predicted molar refractivity (Wildman–Crippen MR) is 157 cm³/mol. The molecule has 1 saturated heterocycles. The van der Waals surface area contributed by atoms with E-state index in [4.69, 9.17) is 14.0 Å². The molecular formula is C33H36FN3O4. The fourth-order valence-corrected chi connectivity index (χ4v) is 5.31. The Morgan fingerprint density at radius 3 is 2.15 bits per heavy atom. The average Bonchev–Trinajstić information content (AvgIpc) is 3.45. The SMILES string of the molecule is COCc1cc(/C=C/c2cccc(F)c2OC(C(C)O)N2CCN(C(c3ccccc3)c3ccccc3)CC2)on1. The third kappa shape index (κ3) is 7.10. The van der Waals surface area contributed by atoms with Crippen molar-refractivity contribution in [2.45, 2.75) is 31.9 Å². The molecule has 41 heavy (non-hydrogen) atoms. The zero-order valence-corrected chi connectivity index (χ0v) is 23.4. The van der Waals surface area contributed by atoms with E-state index < -0.39 is 18.1 Å². The van der Waals surface area contributed by atoms with Gasteiger partial charge in [0, 0.05) is 44.9 Å². The molecule has 0 aliphatic carbocycles. The van der Waals surface area contributed by atoms with Crippen molar-refractivity contribution >= 4 is 12.2 Å². The summed E-state index contributed by atoms with van der Waals surface area (Å²) in [7, 11) is 1.59. The number of hydrogen-bond acceptors (Lipinski definition) is 7. The number of piperazine rings is 1. The summed E-state index contributed by atoms with van der Waals surface area (Å²) >= 11 is 0. The van der Waals surface area contributed by atoms with Gasteiger partial charge in [-0.3, -0.25) is 9.80 Å². The van der Waals surface area contributed by atoms with Gasteiger partial charge in [0.25, 0.3) is 0 Å². The molecule has 1 aliphatic rings. The summed E-state index contributed by atoms with van der Waals surface area (Å²) in [6.07, 6.45) is 1.86. The number of rotatable bonds is 11. The monoisotopic (exact) mass is 557 g/mol. The Labute approximate surface area is 240 Å². The van der Waals surface area contributed by atoms with Crippen molar-refractivity contribution in [1.29, 1.82) is 0 Å². The lowest BCUT2D eigenvalue weighted by atomic mass is 9.96. The van der Waals surface area contributed by atoms with Gasteiger partial charge in [0.1, 0.15) is 11.8 Å². The van der Waals surface area contributed by atoms with E-state index in [-0.39, 0.29) is 11.8 Å². The van der Waals surface area contributed by atoms with E-state index in [0.717, 1.165) is 13.1 Å². The first-order valence-electron chi connectivity index (χ1n) is 13.9. The number of methoxy groups -OCH3 is 1. The minimum Gasteiger partial charge on any atom is -0.469 e. The van der Waals surface area contributed by atoms with Crippen LogP contribution >= 0.6 is 0 Å². The van der Waals surface area contributed by atoms with Crippen LogP contribution in [-0.2, 0) is 11.3 Å². The van der Waals surface area contributed by atoms with E-state index in [9.17, 15) is 5.11 Å². The topological polar surface area (TPSA) is 71.2 Å². The fraction of sp³-hybridized carbons (Fsp3) is 0.303. The molecular weight excluding hydrogens is 521 g/mol. The minimum absolute atomic E-state index is 0.0835. The van der Waals surface area contributed by atoms with Crippen LogP contribution in [0.4, 0.5) is 4.39 Å². The number of aromatic nitrogens is 1. The van der Waals surface area contributed by atoms with Gasteiger partial charge < -0.3 is 19.1 Å². The molecule has 1 aliphatic heterocycles. The number of halogens is 1. The Hall–Kier alpha value is -3.82. The zero-order chi connectivity index (χ0) is 28.6. The number of benzene rings is 3. The maximum atomic E-state index is 15.1. The van der Waals surface area contributed by atoms with Gasteiger partial charge in [-0.25, -0.2) is 4.39 Å². The molecule has 2 heterocycles. The van der Waals surface area contributed by atoms with E-state index in [2.05, 4.69) is 63.5 Å². The molecule has 4 aromatic rings. The first-order chi connectivity index (χ1) is 20.0. The van der Waals surface area contributed by atoms with Crippen molar-refractivity contribution in [3.05, 3.63) is 119 Å². The number of nitrogens with zero attached hydrogens (tertiary/aromatic N) is 3. The van der Waals surface area contributed by atoms with Gasteiger partial charge in [-0.1, -0.05) is 78.0 Å². The van der Waals surface area contributed by atoms with Gasteiger partial charge in [0.15, 0.2) is 23.6 Å². The molecule has 0 radical (unpaired) electrons. The molecule has 2 unspecified atom stereocenters. The highest BCUT2D eigenvalue weighted by atomic mass is 19.1. The highest BCUT2D eigenvalue weighted by molar-refractivity contribution is 5.71. The normalized spacial score (nSPS) is 16.3. The molecule has 7 nitrogen and oxygen atoms in total. The highest BCUT2D eigenvalue weighted by Gasteiger charge is 2.33. The van der Waals surface area contributed by atoms with E-state index in [0.29, 0.717) is 36.7 Å². The third-order valence-corrected chi connectivity index (χ3v) is 7.25.